The molecule has 0 radical (unpaired) electrons. The number of pyridine rings is 1. The van der Waals surface area contributed by atoms with Gasteiger partial charge in [-0.3, -0.25) is 29.1 Å². The Balaban J connectivity index is 0.894. The van der Waals surface area contributed by atoms with Crippen molar-refractivity contribution in [2.75, 3.05) is 86.4 Å². The highest BCUT2D eigenvalue weighted by atomic mass is 16.5. The van der Waals surface area contributed by atoms with Crippen LogP contribution < -0.4 is 25.2 Å². The number of amides is 4. The molecular formula is C57H55N13O6. The molecule has 7 aromatic rings. The number of piperazine rings is 2. The lowest BCUT2D eigenvalue weighted by Crippen LogP contribution is -2.55. The fourth-order valence-corrected chi connectivity index (χ4v) is 10.3. The summed E-state index contributed by atoms with van der Waals surface area (Å²) in [6.45, 7) is 11.0. The van der Waals surface area contributed by atoms with Crippen LogP contribution in [0.15, 0.2) is 135 Å². The van der Waals surface area contributed by atoms with Crippen LogP contribution in [-0.4, -0.2) is 146 Å². The number of likely N-dealkylation sites (N-methyl/N-ethyl adjacent to an activating group) is 1. The number of benzene rings is 4. The number of nitriles is 1. The van der Waals surface area contributed by atoms with Gasteiger partial charge in [0.15, 0.2) is 5.82 Å². The quantitative estimate of drug-likeness (QED) is 0.0968. The predicted molar refractivity (Wildman–Crippen MR) is 289 cm³/mol. The van der Waals surface area contributed by atoms with Gasteiger partial charge < -0.3 is 40.1 Å². The molecule has 0 bridgehead atoms. The number of ether oxygens (including phenoxy) is 1. The van der Waals surface area contributed by atoms with Crippen molar-refractivity contribution in [3.05, 3.63) is 152 Å². The zero-order chi connectivity index (χ0) is 52.9. The van der Waals surface area contributed by atoms with Crippen molar-refractivity contribution in [1.29, 1.82) is 5.26 Å². The van der Waals surface area contributed by atoms with E-state index in [0.29, 0.717) is 86.6 Å². The minimum Gasteiger partial charge on any atom is -0.508 e. The normalized spacial score (nSPS) is 17.8. The van der Waals surface area contributed by atoms with Crippen LogP contribution in [0, 0.1) is 11.3 Å². The third kappa shape index (κ3) is 10.8. The van der Waals surface area contributed by atoms with Gasteiger partial charge in [0.2, 0.25) is 11.8 Å². The number of aromatic nitrogens is 5. The standard InChI is InChI=1S/C57H55N13O6/c1-4-52(72)68-21-19-67(20-22-68)50-30-48(60-54(64-50)38-13-10-18-59-32-38)55(74)61-46-28-39(25-36-11-6-8-14-44(36)46)40-26-42(66(3)33-40)35-76-57-63-49(56(75)62-47-29-43(71)27-37-12-7-9-15-45(37)47)31-51(65-57)69-23-24-70(53(73)5-2)41(34-69)16-17-58/h4-15,18,25,27-32,40-42,71H,1-2,16,19-24,26,33-35H2,3H3,(H,61,74)(H,62,75)/t40?,41-,42-/m0/s1. The maximum absolute atomic E-state index is 14.5. The van der Waals surface area contributed by atoms with Crippen molar-refractivity contribution >= 4 is 68.2 Å². The molecule has 4 amide bonds. The minimum atomic E-state index is -0.554. The molecule has 19 nitrogen and oxygen atoms in total. The summed E-state index contributed by atoms with van der Waals surface area (Å²) >= 11 is 0. The van der Waals surface area contributed by atoms with Crippen LogP contribution in [0.2, 0.25) is 0 Å². The number of nitrogens with zero attached hydrogens (tertiary/aromatic N) is 11. The molecule has 1 unspecified atom stereocenters. The molecule has 3 atom stereocenters. The minimum absolute atomic E-state index is 0.0147. The van der Waals surface area contributed by atoms with Gasteiger partial charge in [0.1, 0.15) is 35.4 Å². The van der Waals surface area contributed by atoms with E-state index in [4.69, 9.17) is 19.7 Å². The van der Waals surface area contributed by atoms with Gasteiger partial charge in [0, 0.05) is 111 Å². The maximum Gasteiger partial charge on any atom is 0.319 e. The first-order chi connectivity index (χ1) is 36.9. The molecule has 19 heteroatoms. The summed E-state index contributed by atoms with van der Waals surface area (Å²) in [7, 11) is 2.02. The number of hydrogen-bond donors (Lipinski definition) is 3. The molecule has 3 N–H and O–H groups in total. The number of phenolic OH excluding ortho intramolecular Hbond substituents is 1. The van der Waals surface area contributed by atoms with Crippen LogP contribution in [-0.2, 0) is 9.59 Å². The fourth-order valence-electron chi connectivity index (χ4n) is 10.3. The number of rotatable bonds is 14. The number of carbonyl (C=O) groups excluding carboxylic acids is 4. The van der Waals surface area contributed by atoms with Crippen molar-refractivity contribution in [2.45, 2.75) is 30.8 Å². The third-order valence-corrected chi connectivity index (χ3v) is 14.3. The number of aromatic hydroxyl groups is 1. The van der Waals surface area contributed by atoms with Crippen LogP contribution in [0.25, 0.3) is 32.9 Å². The largest absolute Gasteiger partial charge is 0.508 e. The number of carbonyl (C=O) groups is 4. The molecular weight excluding hydrogens is 963 g/mol. The number of fused-ring (bicyclic) bond motifs is 2. The smallest absolute Gasteiger partial charge is 0.319 e. The first kappa shape index (κ1) is 50.3. The summed E-state index contributed by atoms with van der Waals surface area (Å²) < 4.78 is 6.43. The lowest BCUT2D eigenvalue weighted by molar-refractivity contribution is -0.128. The van der Waals surface area contributed by atoms with E-state index in [0.717, 1.165) is 27.1 Å². The zero-order valence-electron chi connectivity index (χ0n) is 41.9. The van der Waals surface area contributed by atoms with Gasteiger partial charge in [-0.15, -0.1) is 0 Å². The molecule has 384 valence electrons. The van der Waals surface area contributed by atoms with Crippen LogP contribution in [0.3, 0.4) is 0 Å². The fraction of sp³-hybridized carbons (Fsp3) is 0.263. The van der Waals surface area contributed by atoms with E-state index < -0.39 is 17.9 Å². The molecule has 3 saturated heterocycles. The summed E-state index contributed by atoms with van der Waals surface area (Å²) in [4.78, 5) is 86.5. The highest BCUT2D eigenvalue weighted by molar-refractivity contribution is 6.10. The second kappa shape index (κ2) is 22.1. The summed E-state index contributed by atoms with van der Waals surface area (Å²) in [6.07, 6.45) is 6.64. The lowest BCUT2D eigenvalue weighted by atomic mass is 9.93. The second-order valence-electron chi connectivity index (χ2n) is 19.0. The molecule has 0 aliphatic carbocycles. The number of hydrogen-bond acceptors (Lipinski definition) is 15. The first-order valence-corrected chi connectivity index (χ1v) is 25.0. The van der Waals surface area contributed by atoms with Crippen LogP contribution in [0.1, 0.15) is 45.3 Å². The predicted octanol–water partition coefficient (Wildman–Crippen LogP) is 6.66. The lowest BCUT2D eigenvalue weighted by Gasteiger charge is -2.40. The van der Waals surface area contributed by atoms with E-state index in [1.165, 1.54) is 18.2 Å². The van der Waals surface area contributed by atoms with Crippen molar-refractivity contribution in [3.63, 3.8) is 0 Å². The number of nitrogens with one attached hydrogen (secondary N) is 2. The summed E-state index contributed by atoms with van der Waals surface area (Å²) in [5.74, 6) is -0.0469. The Hall–Kier alpha value is -9.28. The Morgan fingerprint density at radius 3 is 2.08 bits per heavy atom. The second-order valence-corrected chi connectivity index (χ2v) is 19.0. The van der Waals surface area contributed by atoms with Gasteiger partial charge in [0.25, 0.3) is 11.8 Å². The highest BCUT2D eigenvalue weighted by Gasteiger charge is 2.34. The summed E-state index contributed by atoms with van der Waals surface area (Å²) in [6, 6.07) is 31.0. The Morgan fingerprint density at radius 1 is 0.737 bits per heavy atom. The summed E-state index contributed by atoms with van der Waals surface area (Å²) in [5, 5.41) is 29.6. The van der Waals surface area contributed by atoms with Gasteiger partial charge >= 0.3 is 6.01 Å². The van der Waals surface area contributed by atoms with E-state index >= 15 is 0 Å². The van der Waals surface area contributed by atoms with E-state index in [9.17, 15) is 29.5 Å². The molecule has 6 heterocycles. The average Bonchev–Trinajstić information content (AvgIpc) is 3.85. The van der Waals surface area contributed by atoms with Gasteiger partial charge in [-0.25, -0.2) is 9.97 Å². The van der Waals surface area contributed by atoms with Crippen molar-refractivity contribution in [3.8, 4) is 29.2 Å². The monoisotopic (exact) mass is 1020 g/mol. The molecule has 3 aliphatic rings. The van der Waals surface area contributed by atoms with Gasteiger partial charge in [-0.1, -0.05) is 67.8 Å². The SMILES string of the molecule is C=CC(=O)N1CCN(c2cc(C(=O)Nc3cc(C4C[C@@H](COc5nc(C(=O)Nc6cc(O)cc7ccccc67)cc(N6CCN(C(=O)C=C)[C@@H](CC#N)C6)n5)N(C)C4)cc4ccccc34)nc(-c3cccnc3)n2)CC1. The highest BCUT2D eigenvalue weighted by Crippen LogP contribution is 2.37. The van der Waals surface area contributed by atoms with Crippen LogP contribution in [0.5, 0.6) is 11.8 Å². The van der Waals surface area contributed by atoms with Gasteiger partial charge in [-0.2, -0.15) is 15.2 Å². The van der Waals surface area contributed by atoms with Crippen molar-refractivity contribution in [1.82, 2.24) is 39.6 Å². The Kier molecular flexibility index (Phi) is 14.6. The molecule has 10 rings (SSSR count). The van der Waals surface area contributed by atoms with Gasteiger partial charge in [0.05, 0.1) is 24.2 Å². The number of anilines is 4. The molecule has 3 aromatic heterocycles. The topological polar surface area (TPSA) is 226 Å². The number of likely N-dealkylation sites (tertiary alicyclic amines) is 1. The Bertz CT molecular complexity index is 3430. The molecule has 3 fully saturated rings. The molecule has 3 aliphatic heterocycles. The van der Waals surface area contributed by atoms with Crippen LogP contribution in [0.4, 0.5) is 23.0 Å². The Labute approximate surface area is 438 Å². The molecule has 76 heavy (non-hydrogen) atoms. The van der Waals surface area contributed by atoms with E-state index in [1.54, 1.807) is 46.5 Å². The maximum atomic E-state index is 14.5. The van der Waals surface area contributed by atoms with E-state index in [1.807, 2.05) is 77.5 Å². The average molecular weight is 1020 g/mol. The summed E-state index contributed by atoms with van der Waals surface area (Å²) in [5.41, 5.74) is 2.89. The van der Waals surface area contributed by atoms with Crippen molar-refractivity contribution in [2.24, 2.45) is 0 Å². The zero-order valence-corrected chi connectivity index (χ0v) is 41.9. The molecule has 0 spiro atoms. The molecule has 0 saturated carbocycles. The first-order valence-electron chi connectivity index (χ1n) is 25.0. The Morgan fingerprint density at radius 2 is 1.39 bits per heavy atom. The third-order valence-electron chi connectivity index (χ3n) is 14.3. The van der Waals surface area contributed by atoms with Crippen molar-refractivity contribution < 1.29 is 29.0 Å². The van der Waals surface area contributed by atoms with Crippen LogP contribution >= 0.6 is 0 Å². The van der Waals surface area contributed by atoms with Gasteiger partial charge in [-0.05, 0) is 72.1 Å². The van der Waals surface area contributed by atoms with E-state index in [2.05, 4.69) is 50.8 Å². The van der Waals surface area contributed by atoms with E-state index in [-0.39, 0.29) is 66.5 Å². The number of phenols is 1. The molecule has 4 aromatic carbocycles.